The van der Waals surface area contributed by atoms with Crippen LogP contribution in [0.25, 0.3) is 132 Å². The molecule has 0 radical (unpaired) electrons. The molecule has 0 unspecified atom stereocenters. The molecule has 0 atom stereocenters. The maximum atomic E-state index is 5.60. The first-order chi connectivity index (χ1) is 32.7. The van der Waals surface area contributed by atoms with E-state index in [1.54, 1.807) is 0 Å². The molecule has 2 heterocycles. The Labute approximate surface area is 382 Å². The third-order valence-electron chi connectivity index (χ3n) is 13.2. The van der Waals surface area contributed by atoms with Crippen LogP contribution in [0, 0.1) is 0 Å². The molecule has 0 bridgehead atoms. The Morgan fingerprint density at radius 3 is 1.52 bits per heavy atom. The quantitative estimate of drug-likeness (QED) is 0.157. The third-order valence-corrected chi connectivity index (χ3v) is 13.2. The van der Waals surface area contributed by atoms with E-state index in [-0.39, 0.29) is 0 Å². The van der Waals surface area contributed by atoms with Crippen molar-refractivity contribution in [2.45, 2.75) is 0 Å². The Morgan fingerprint density at radius 2 is 0.788 bits per heavy atom. The summed E-state index contributed by atoms with van der Waals surface area (Å²) < 4.78 is 0. The Bertz CT molecular complexity index is 3980. The lowest BCUT2D eigenvalue weighted by atomic mass is 9.88. The topological polar surface area (TPSA) is 38.7 Å². The number of fused-ring (bicyclic) bond motifs is 9. The van der Waals surface area contributed by atoms with E-state index < -0.39 is 0 Å². The molecule has 0 saturated carbocycles. The molecule has 0 saturated heterocycles. The van der Waals surface area contributed by atoms with E-state index in [1.807, 2.05) is 0 Å². The smallest absolute Gasteiger partial charge is 0.161 e. The van der Waals surface area contributed by atoms with Gasteiger partial charge in [-0.15, -0.1) is 0 Å². The normalized spacial score (nSPS) is 11.6. The molecule has 0 fully saturated rings. The van der Waals surface area contributed by atoms with E-state index >= 15 is 0 Å². The second kappa shape index (κ2) is 15.5. The first-order valence-corrected chi connectivity index (χ1v) is 22.5. The number of aromatic nitrogens is 3. The van der Waals surface area contributed by atoms with Crippen molar-refractivity contribution in [2.24, 2.45) is 0 Å². The van der Waals surface area contributed by atoms with Crippen LogP contribution in [0.15, 0.2) is 237 Å². The third kappa shape index (κ3) is 6.24. The van der Waals surface area contributed by atoms with Gasteiger partial charge in [0.2, 0.25) is 0 Å². The maximum Gasteiger partial charge on any atom is 0.161 e. The molecule has 2 aromatic heterocycles. The standard InChI is InChI=1S/C63H39N3/c1-3-19-41(20-4-1)61-58(62(42-21-5-2-6-22-42)66-63(65-61)55-38-45-24-9-10-27-48(45)49-28-11-12-29-50(49)55)46-26-17-25-44(37-46)54-39-56-59(52-31-14-13-30-51(52)54)53-32-15-16-33-57(53)64-60(56)47-35-34-40-18-7-8-23-43(40)36-47/h1-39H. The van der Waals surface area contributed by atoms with Gasteiger partial charge in [0.05, 0.1) is 22.6 Å². The number of pyridine rings is 1. The van der Waals surface area contributed by atoms with Gasteiger partial charge in [-0.2, -0.15) is 0 Å². The van der Waals surface area contributed by atoms with Crippen LogP contribution in [-0.2, 0) is 0 Å². The number of hydrogen-bond donors (Lipinski definition) is 0. The molecule has 0 aliphatic heterocycles. The van der Waals surface area contributed by atoms with Crippen LogP contribution in [0.1, 0.15) is 0 Å². The van der Waals surface area contributed by atoms with Crippen LogP contribution in [0.5, 0.6) is 0 Å². The number of hydrogen-bond acceptors (Lipinski definition) is 3. The van der Waals surface area contributed by atoms with E-state index in [1.165, 1.54) is 37.7 Å². The predicted octanol–water partition coefficient (Wildman–Crippen LogP) is 16.8. The summed E-state index contributed by atoms with van der Waals surface area (Å²) in [5.41, 5.74) is 12.1. The highest BCUT2D eigenvalue weighted by Gasteiger charge is 2.23. The molecule has 11 aromatic carbocycles. The monoisotopic (exact) mass is 837 g/mol. The number of nitrogens with zero attached hydrogens (tertiary/aromatic N) is 3. The largest absolute Gasteiger partial charge is 0.247 e. The van der Waals surface area contributed by atoms with Gasteiger partial charge in [0, 0.05) is 44.0 Å². The van der Waals surface area contributed by atoms with Gasteiger partial charge < -0.3 is 0 Å². The highest BCUT2D eigenvalue weighted by Crippen LogP contribution is 2.45. The van der Waals surface area contributed by atoms with Gasteiger partial charge in [0.15, 0.2) is 5.82 Å². The fraction of sp³-hybridized carbons (Fsp3) is 0. The number of rotatable bonds is 6. The van der Waals surface area contributed by atoms with Gasteiger partial charge in [0.1, 0.15) is 0 Å². The molecular weight excluding hydrogens is 799 g/mol. The average Bonchev–Trinajstić information content (AvgIpc) is 3.40. The number of para-hydroxylation sites is 1. The highest BCUT2D eigenvalue weighted by molar-refractivity contribution is 6.25. The minimum Gasteiger partial charge on any atom is -0.247 e. The van der Waals surface area contributed by atoms with Crippen LogP contribution in [0.2, 0.25) is 0 Å². The van der Waals surface area contributed by atoms with E-state index in [4.69, 9.17) is 15.0 Å². The molecular formula is C63H39N3. The van der Waals surface area contributed by atoms with Gasteiger partial charge >= 0.3 is 0 Å². The summed E-state index contributed by atoms with van der Waals surface area (Å²) in [7, 11) is 0. The summed E-state index contributed by atoms with van der Waals surface area (Å²) in [5, 5.41) is 12.9. The summed E-state index contributed by atoms with van der Waals surface area (Å²) in [5.74, 6) is 0.691. The van der Waals surface area contributed by atoms with Crippen LogP contribution in [-0.4, -0.2) is 15.0 Å². The van der Waals surface area contributed by atoms with E-state index in [0.29, 0.717) is 5.82 Å². The van der Waals surface area contributed by atoms with Crippen molar-refractivity contribution in [1.29, 1.82) is 0 Å². The van der Waals surface area contributed by atoms with Crippen LogP contribution in [0.4, 0.5) is 0 Å². The van der Waals surface area contributed by atoms with Crippen molar-refractivity contribution in [3.63, 3.8) is 0 Å². The first kappa shape index (κ1) is 37.7. The summed E-state index contributed by atoms with van der Waals surface area (Å²) in [6.07, 6.45) is 0. The molecule has 0 spiro atoms. The van der Waals surface area contributed by atoms with E-state index in [2.05, 4.69) is 237 Å². The lowest BCUT2D eigenvalue weighted by Gasteiger charge is -2.19. The minimum absolute atomic E-state index is 0.691. The first-order valence-electron chi connectivity index (χ1n) is 22.5. The molecule has 0 amide bonds. The van der Waals surface area contributed by atoms with Gasteiger partial charge in [0.25, 0.3) is 0 Å². The summed E-state index contributed by atoms with van der Waals surface area (Å²) in [6, 6.07) is 84.6. The fourth-order valence-electron chi connectivity index (χ4n) is 10.2. The Hall–Kier alpha value is -8.79. The molecule has 3 nitrogen and oxygen atoms in total. The summed E-state index contributed by atoms with van der Waals surface area (Å²) in [6.45, 7) is 0. The predicted molar refractivity (Wildman–Crippen MR) is 277 cm³/mol. The minimum atomic E-state index is 0.691. The van der Waals surface area contributed by atoms with Crippen molar-refractivity contribution in [3.8, 4) is 67.4 Å². The Kier molecular flexibility index (Phi) is 8.85. The zero-order valence-electron chi connectivity index (χ0n) is 35.9. The summed E-state index contributed by atoms with van der Waals surface area (Å²) >= 11 is 0. The molecule has 13 rings (SSSR count). The Morgan fingerprint density at radius 1 is 0.242 bits per heavy atom. The van der Waals surface area contributed by atoms with Gasteiger partial charge in [-0.3, -0.25) is 0 Å². The highest BCUT2D eigenvalue weighted by atomic mass is 14.9. The van der Waals surface area contributed by atoms with Gasteiger partial charge in [-0.25, -0.2) is 15.0 Å². The second-order valence-corrected chi connectivity index (χ2v) is 17.1. The van der Waals surface area contributed by atoms with Crippen molar-refractivity contribution in [2.75, 3.05) is 0 Å². The zero-order chi connectivity index (χ0) is 43.6. The molecule has 0 N–H and O–H groups in total. The van der Waals surface area contributed by atoms with Crippen molar-refractivity contribution in [3.05, 3.63) is 237 Å². The average molecular weight is 838 g/mol. The molecule has 0 aliphatic carbocycles. The molecule has 66 heavy (non-hydrogen) atoms. The lowest BCUT2D eigenvalue weighted by Crippen LogP contribution is -2.01. The Balaban J connectivity index is 1.09. The lowest BCUT2D eigenvalue weighted by molar-refractivity contribution is 1.19. The van der Waals surface area contributed by atoms with E-state index in [9.17, 15) is 0 Å². The van der Waals surface area contributed by atoms with Gasteiger partial charge in [-0.1, -0.05) is 206 Å². The maximum absolute atomic E-state index is 5.60. The molecule has 3 heteroatoms. The van der Waals surface area contributed by atoms with Crippen molar-refractivity contribution < 1.29 is 0 Å². The van der Waals surface area contributed by atoms with Crippen LogP contribution < -0.4 is 0 Å². The fourth-order valence-corrected chi connectivity index (χ4v) is 10.2. The van der Waals surface area contributed by atoms with E-state index in [0.717, 1.165) is 88.7 Å². The zero-order valence-corrected chi connectivity index (χ0v) is 35.9. The number of benzene rings is 11. The molecule has 13 aromatic rings. The van der Waals surface area contributed by atoms with Crippen LogP contribution >= 0.6 is 0 Å². The van der Waals surface area contributed by atoms with Crippen molar-refractivity contribution in [1.82, 2.24) is 15.0 Å². The van der Waals surface area contributed by atoms with Gasteiger partial charge in [-0.05, 0) is 90.1 Å². The molecule has 0 aliphatic rings. The molecule has 306 valence electrons. The van der Waals surface area contributed by atoms with Crippen molar-refractivity contribution >= 4 is 64.8 Å². The second-order valence-electron chi connectivity index (χ2n) is 17.1. The van der Waals surface area contributed by atoms with Crippen LogP contribution in [0.3, 0.4) is 0 Å². The summed E-state index contributed by atoms with van der Waals surface area (Å²) in [4.78, 5) is 16.6. The SMILES string of the molecule is c1ccc(-c2nc(-c3cc4ccccc4c4ccccc34)nc(-c3ccccc3)c2-c2cccc(-c3cc4c(-c5ccc6ccccc6c5)nc5ccccc5c4c4ccccc34)c2)cc1.